The Kier molecular flexibility index (Phi) is 5.71. The van der Waals surface area contributed by atoms with Gasteiger partial charge >= 0.3 is 0 Å². The molecular weight excluding hydrogens is 426 g/mol. The Balaban J connectivity index is 1.34. The van der Waals surface area contributed by atoms with Crippen molar-refractivity contribution in [2.75, 3.05) is 19.6 Å². The lowest BCUT2D eigenvalue weighted by atomic mass is 10.0. The average molecular weight is 452 g/mol. The van der Waals surface area contributed by atoms with Crippen LogP contribution in [0.1, 0.15) is 39.8 Å². The summed E-state index contributed by atoms with van der Waals surface area (Å²) in [6.07, 6.45) is 0. The Bertz CT molecular complexity index is 1140. The zero-order chi connectivity index (χ0) is 22.2. The first-order valence-corrected chi connectivity index (χ1v) is 11.3. The minimum atomic E-state index is 0.0536. The highest BCUT2D eigenvalue weighted by atomic mass is 35.5. The maximum atomic E-state index is 13.0. The summed E-state index contributed by atoms with van der Waals surface area (Å²) < 4.78 is 5.59. The molecule has 2 aliphatic heterocycles. The molecule has 1 saturated heterocycles. The molecule has 1 aromatic heterocycles. The lowest BCUT2D eigenvalue weighted by molar-refractivity contribution is 0.0766. The molecule has 0 radical (unpaired) electrons. The number of nitrogens with zero attached hydrogens (tertiary/aromatic N) is 4. The predicted octanol–water partition coefficient (Wildman–Crippen LogP) is 3.65. The monoisotopic (exact) mass is 451 g/mol. The van der Waals surface area contributed by atoms with Gasteiger partial charge in [-0.2, -0.15) is 4.98 Å². The molecule has 3 aromatic rings. The van der Waals surface area contributed by atoms with E-state index in [0.29, 0.717) is 42.4 Å². The first-order chi connectivity index (χ1) is 15.5. The Morgan fingerprint density at radius 3 is 2.81 bits per heavy atom. The van der Waals surface area contributed by atoms with E-state index in [2.05, 4.69) is 27.3 Å². The average Bonchev–Trinajstić information content (AvgIpc) is 3.36. The van der Waals surface area contributed by atoms with Crippen molar-refractivity contribution in [2.24, 2.45) is 0 Å². The standard InChI is InChI=1S/C24H26ClN5O2/c1-15-9-18(23-27-21(28-32-23)14-29-8-7-26-11-16(29)2)10-19-13-30(24(31)22(15)19)12-17-3-5-20(25)6-4-17/h3-6,9-10,16,26H,7-8,11-14H2,1-2H3. The number of aromatic nitrogens is 2. The molecular formula is C24H26ClN5O2. The van der Waals surface area contributed by atoms with Crippen LogP contribution in [0.3, 0.4) is 0 Å². The number of benzene rings is 2. The molecule has 0 aliphatic carbocycles. The van der Waals surface area contributed by atoms with Gasteiger partial charge in [0.05, 0.1) is 6.54 Å². The number of rotatable bonds is 5. The van der Waals surface area contributed by atoms with Crippen molar-refractivity contribution in [1.29, 1.82) is 0 Å². The summed E-state index contributed by atoms with van der Waals surface area (Å²) in [5.74, 6) is 1.24. The molecule has 0 bridgehead atoms. The van der Waals surface area contributed by atoms with Crippen LogP contribution in [-0.4, -0.2) is 51.5 Å². The fourth-order valence-corrected chi connectivity index (χ4v) is 4.65. The summed E-state index contributed by atoms with van der Waals surface area (Å²) >= 11 is 5.98. The van der Waals surface area contributed by atoms with Crippen LogP contribution in [0.5, 0.6) is 0 Å². The summed E-state index contributed by atoms with van der Waals surface area (Å²) in [7, 11) is 0. The van der Waals surface area contributed by atoms with Gasteiger partial charge in [-0.25, -0.2) is 0 Å². The van der Waals surface area contributed by atoms with E-state index >= 15 is 0 Å². The van der Waals surface area contributed by atoms with E-state index in [0.717, 1.165) is 47.5 Å². The van der Waals surface area contributed by atoms with Crippen molar-refractivity contribution in [3.63, 3.8) is 0 Å². The maximum absolute atomic E-state index is 13.0. The van der Waals surface area contributed by atoms with E-state index < -0.39 is 0 Å². The zero-order valence-electron chi connectivity index (χ0n) is 18.3. The highest BCUT2D eigenvalue weighted by molar-refractivity contribution is 6.30. The zero-order valence-corrected chi connectivity index (χ0v) is 19.0. The molecule has 166 valence electrons. The molecule has 1 atom stereocenters. The summed E-state index contributed by atoms with van der Waals surface area (Å²) in [6.45, 7) is 8.85. The van der Waals surface area contributed by atoms with Crippen LogP contribution >= 0.6 is 11.6 Å². The van der Waals surface area contributed by atoms with Gasteiger partial charge in [0.25, 0.3) is 11.8 Å². The SMILES string of the molecule is Cc1cc(-c2nc(CN3CCNCC3C)no2)cc2c1C(=O)N(Cc1ccc(Cl)cc1)C2. The molecule has 3 heterocycles. The largest absolute Gasteiger partial charge is 0.334 e. The van der Waals surface area contributed by atoms with Crippen molar-refractivity contribution < 1.29 is 9.32 Å². The van der Waals surface area contributed by atoms with Crippen molar-refractivity contribution in [3.8, 4) is 11.5 Å². The van der Waals surface area contributed by atoms with Gasteiger partial charge in [-0.1, -0.05) is 28.9 Å². The third kappa shape index (κ3) is 4.16. The molecule has 32 heavy (non-hydrogen) atoms. The summed E-state index contributed by atoms with van der Waals surface area (Å²) in [5, 5.41) is 8.28. The smallest absolute Gasteiger partial charge is 0.257 e. The molecule has 2 aromatic carbocycles. The topological polar surface area (TPSA) is 74.5 Å². The van der Waals surface area contributed by atoms with Crippen molar-refractivity contribution >= 4 is 17.5 Å². The summed E-state index contributed by atoms with van der Waals surface area (Å²) in [5.41, 5.74) is 4.61. The first-order valence-electron chi connectivity index (χ1n) is 10.9. The highest BCUT2D eigenvalue weighted by Gasteiger charge is 2.30. The van der Waals surface area contributed by atoms with E-state index in [1.807, 2.05) is 48.2 Å². The molecule has 2 aliphatic rings. The minimum Gasteiger partial charge on any atom is -0.334 e. The number of aryl methyl sites for hydroxylation is 1. The van der Waals surface area contributed by atoms with Gasteiger partial charge in [-0.3, -0.25) is 9.69 Å². The summed E-state index contributed by atoms with van der Waals surface area (Å²) in [4.78, 5) is 21.9. The Labute approximate surface area is 192 Å². The van der Waals surface area contributed by atoms with Crippen LogP contribution in [0.25, 0.3) is 11.5 Å². The normalized spacial score (nSPS) is 18.9. The second-order valence-corrected chi connectivity index (χ2v) is 9.09. The Morgan fingerprint density at radius 1 is 1.22 bits per heavy atom. The van der Waals surface area contributed by atoms with Crippen LogP contribution in [-0.2, 0) is 19.6 Å². The molecule has 1 fully saturated rings. The fraction of sp³-hybridized carbons (Fsp3) is 0.375. The molecule has 1 amide bonds. The number of piperazine rings is 1. The number of halogens is 1. The third-order valence-corrected chi connectivity index (χ3v) is 6.52. The number of amides is 1. The van der Waals surface area contributed by atoms with E-state index in [1.165, 1.54) is 0 Å². The van der Waals surface area contributed by atoms with Crippen molar-refractivity contribution in [3.05, 3.63) is 69.5 Å². The summed E-state index contributed by atoms with van der Waals surface area (Å²) in [6, 6.07) is 12.0. The molecule has 1 unspecified atom stereocenters. The molecule has 7 nitrogen and oxygen atoms in total. The van der Waals surface area contributed by atoms with E-state index in [4.69, 9.17) is 16.1 Å². The van der Waals surface area contributed by atoms with E-state index in [9.17, 15) is 4.79 Å². The van der Waals surface area contributed by atoms with Gasteiger partial charge in [0.15, 0.2) is 5.82 Å². The minimum absolute atomic E-state index is 0.0536. The lowest BCUT2D eigenvalue weighted by Crippen LogP contribution is -2.49. The van der Waals surface area contributed by atoms with Crippen molar-refractivity contribution in [2.45, 2.75) is 39.5 Å². The van der Waals surface area contributed by atoms with Crippen LogP contribution in [0.2, 0.25) is 5.02 Å². The van der Waals surface area contributed by atoms with Crippen molar-refractivity contribution in [1.82, 2.24) is 25.3 Å². The number of hydrogen-bond acceptors (Lipinski definition) is 6. The number of carbonyl (C=O) groups is 1. The molecule has 5 rings (SSSR count). The Hall–Kier alpha value is -2.74. The molecule has 1 N–H and O–H groups in total. The third-order valence-electron chi connectivity index (χ3n) is 6.26. The molecule has 8 heteroatoms. The van der Waals surface area contributed by atoms with Gasteiger partial charge in [-0.15, -0.1) is 0 Å². The number of fused-ring (bicyclic) bond motifs is 1. The van der Waals surface area contributed by atoms with Gasteiger partial charge < -0.3 is 14.7 Å². The van der Waals surface area contributed by atoms with Crippen LogP contribution in [0, 0.1) is 6.92 Å². The van der Waals surface area contributed by atoms with Gasteiger partial charge in [-0.05, 0) is 54.8 Å². The number of hydrogen-bond donors (Lipinski definition) is 1. The first kappa shape index (κ1) is 21.1. The number of carbonyl (C=O) groups excluding carboxylic acids is 1. The van der Waals surface area contributed by atoms with E-state index in [-0.39, 0.29) is 5.91 Å². The van der Waals surface area contributed by atoms with Crippen LogP contribution in [0.15, 0.2) is 40.9 Å². The van der Waals surface area contributed by atoms with Crippen LogP contribution in [0.4, 0.5) is 0 Å². The molecule has 0 saturated carbocycles. The van der Waals surface area contributed by atoms with Gasteiger partial charge in [0, 0.05) is 54.9 Å². The second kappa shape index (κ2) is 8.65. The fourth-order valence-electron chi connectivity index (χ4n) is 4.52. The van der Waals surface area contributed by atoms with Gasteiger partial charge in [0.2, 0.25) is 0 Å². The Morgan fingerprint density at radius 2 is 2.03 bits per heavy atom. The number of nitrogens with one attached hydrogen (secondary N) is 1. The van der Waals surface area contributed by atoms with E-state index in [1.54, 1.807) is 0 Å². The molecule has 0 spiro atoms. The van der Waals surface area contributed by atoms with Crippen LogP contribution < -0.4 is 5.32 Å². The highest BCUT2D eigenvalue weighted by Crippen LogP contribution is 2.32. The predicted molar refractivity (Wildman–Crippen MR) is 122 cm³/mol. The maximum Gasteiger partial charge on any atom is 0.257 e. The lowest BCUT2D eigenvalue weighted by Gasteiger charge is -2.32. The second-order valence-electron chi connectivity index (χ2n) is 8.65. The van der Waals surface area contributed by atoms with Gasteiger partial charge in [0.1, 0.15) is 0 Å². The quantitative estimate of drug-likeness (QED) is 0.638.